The summed E-state index contributed by atoms with van der Waals surface area (Å²) in [6.07, 6.45) is 1.26. The molecule has 0 radical (unpaired) electrons. The molecule has 1 saturated heterocycles. The molecule has 0 saturated carbocycles. The van der Waals surface area contributed by atoms with E-state index in [-0.39, 0.29) is 0 Å². The minimum atomic E-state index is 0.414. The summed E-state index contributed by atoms with van der Waals surface area (Å²) in [6, 6.07) is 8.07. The van der Waals surface area contributed by atoms with Crippen LogP contribution in [-0.4, -0.2) is 16.7 Å². The molecular weight excluding hydrogens is 312 g/mol. The second-order valence-electron chi connectivity index (χ2n) is 4.41. The highest BCUT2D eigenvalue weighted by Gasteiger charge is 2.20. The van der Waals surface area contributed by atoms with Crippen molar-refractivity contribution >= 4 is 33.5 Å². The van der Waals surface area contributed by atoms with E-state index in [4.69, 9.17) is 10.3 Å². The van der Waals surface area contributed by atoms with Crippen LogP contribution in [0.4, 0.5) is 5.82 Å². The van der Waals surface area contributed by atoms with Crippen molar-refractivity contribution in [2.24, 2.45) is 0 Å². The minimum absolute atomic E-state index is 0.414. The monoisotopic (exact) mass is 324 g/mol. The summed E-state index contributed by atoms with van der Waals surface area (Å²) in [4.78, 5) is 0. The summed E-state index contributed by atoms with van der Waals surface area (Å²) in [5.74, 6) is 4.26. The Kier molecular flexibility index (Phi) is 3.35. The van der Waals surface area contributed by atoms with Crippen molar-refractivity contribution in [1.29, 1.82) is 0 Å². The van der Waals surface area contributed by atoms with Gasteiger partial charge < -0.3 is 10.3 Å². The van der Waals surface area contributed by atoms with Gasteiger partial charge in [0.2, 0.25) is 0 Å². The first-order valence-electron chi connectivity index (χ1n) is 5.84. The summed E-state index contributed by atoms with van der Waals surface area (Å²) >= 11 is 5.68. The summed E-state index contributed by atoms with van der Waals surface area (Å²) < 4.78 is 6.31. The van der Waals surface area contributed by atoms with E-state index in [2.05, 4.69) is 39.3 Å². The lowest BCUT2D eigenvalue weighted by Crippen LogP contribution is -1.97. The maximum absolute atomic E-state index is 5.56. The van der Waals surface area contributed by atoms with Gasteiger partial charge in [-0.05, 0) is 29.7 Å². The van der Waals surface area contributed by atoms with Gasteiger partial charge >= 0.3 is 0 Å². The van der Waals surface area contributed by atoms with Crippen LogP contribution in [0.3, 0.4) is 0 Å². The van der Waals surface area contributed by atoms with Crippen molar-refractivity contribution in [3.05, 3.63) is 34.3 Å². The molecule has 5 heteroatoms. The molecule has 94 valence electrons. The number of thioether (sulfide) groups is 1. The molecule has 1 aliphatic rings. The van der Waals surface area contributed by atoms with Crippen molar-refractivity contribution in [3.8, 4) is 11.3 Å². The summed E-state index contributed by atoms with van der Waals surface area (Å²) in [7, 11) is 0. The molecule has 18 heavy (non-hydrogen) atoms. The molecule has 1 unspecified atom stereocenters. The number of hydrogen-bond donors (Lipinski definition) is 1. The van der Waals surface area contributed by atoms with Crippen LogP contribution in [0.2, 0.25) is 0 Å². The molecule has 0 spiro atoms. The van der Waals surface area contributed by atoms with Gasteiger partial charge in [0.1, 0.15) is 0 Å². The third kappa shape index (κ3) is 2.29. The van der Waals surface area contributed by atoms with Crippen LogP contribution < -0.4 is 5.73 Å². The van der Waals surface area contributed by atoms with Gasteiger partial charge in [-0.3, -0.25) is 0 Å². The van der Waals surface area contributed by atoms with E-state index in [0.29, 0.717) is 17.5 Å². The number of nitrogens with two attached hydrogens (primary N) is 1. The molecule has 3 rings (SSSR count). The molecule has 2 heterocycles. The molecule has 0 amide bonds. The number of halogens is 1. The lowest BCUT2D eigenvalue weighted by atomic mass is 9.97. The molecule has 2 aromatic rings. The first-order chi connectivity index (χ1) is 8.74. The summed E-state index contributed by atoms with van der Waals surface area (Å²) in [5, 5.41) is 3.71. The van der Waals surface area contributed by atoms with Gasteiger partial charge in [0.05, 0.1) is 0 Å². The van der Waals surface area contributed by atoms with Crippen molar-refractivity contribution < 1.29 is 4.52 Å². The van der Waals surface area contributed by atoms with Crippen LogP contribution in [0.1, 0.15) is 17.9 Å². The van der Waals surface area contributed by atoms with Crippen LogP contribution in [0.15, 0.2) is 33.3 Å². The molecule has 3 nitrogen and oxygen atoms in total. The number of nitrogens with zero attached hydrogens (tertiary/aromatic N) is 1. The van der Waals surface area contributed by atoms with Gasteiger partial charge in [0, 0.05) is 21.9 Å². The first-order valence-corrected chi connectivity index (χ1v) is 7.78. The van der Waals surface area contributed by atoms with Gasteiger partial charge in [0.25, 0.3) is 0 Å². The minimum Gasteiger partial charge on any atom is -0.381 e. The standard InChI is InChI=1S/C13H13BrN2OS/c14-11-5-8(12-6-13(15)16-17-12)1-2-10(11)9-3-4-18-7-9/h1-2,5-6,9H,3-4,7H2,(H2,15,16). The van der Waals surface area contributed by atoms with Gasteiger partial charge in [-0.25, -0.2) is 0 Å². The molecule has 0 aliphatic carbocycles. The number of hydrogen-bond acceptors (Lipinski definition) is 4. The van der Waals surface area contributed by atoms with Gasteiger partial charge in [0.15, 0.2) is 11.6 Å². The highest BCUT2D eigenvalue weighted by molar-refractivity contribution is 9.10. The van der Waals surface area contributed by atoms with E-state index < -0.39 is 0 Å². The van der Waals surface area contributed by atoms with Crippen LogP contribution in [0, 0.1) is 0 Å². The fraction of sp³-hybridized carbons (Fsp3) is 0.308. The van der Waals surface area contributed by atoms with Crippen molar-refractivity contribution in [1.82, 2.24) is 5.16 Å². The third-order valence-electron chi connectivity index (χ3n) is 3.18. The Bertz CT molecular complexity index is 564. The number of rotatable bonds is 2. The Labute approximate surface area is 118 Å². The van der Waals surface area contributed by atoms with Crippen molar-refractivity contribution in [3.63, 3.8) is 0 Å². The normalized spacial score (nSPS) is 19.3. The molecule has 1 atom stereocenters. The van der Waals surface area contributed by atoms with E-state index in [1.54, 1.807) is 6.07 Å². The Morgan fingerprint density at radius 3 is 2.89 bits per heavy atom. The zero-order valence-corrected chi connectivity index (χ0v) is 12.1. The molecule has 1 fully saturated rings. The predicted molar refractivity (Wildman–Crippen MR) is 78.7 cm³/mol. The van der Waals surface area contributed by atoms with Crippen molar-refractivity contribution in [2.75, 3.05) is 17.2 Å². The highest BCUT2D eigenvalue weighted by atomic mass is 79.9. The average Bonchev–Trinajstić information content (AvgIpc) is 2.99. The number of anilines is 1. The zero-order valence-electron chi connectivity index (χ0n) is 9.73. The van der Waals surface area contributed by atoms with E-state index in [1.165, 1.54) is 23.5 Å². The number of aromatic nitrogens is 1. The Morgan fingerprint density at radius 1 is 1.39 bits per heavy atom. The van der Waals surface area contributed by atoms with Crippen molar-refractivity contribution in [2.45, 2.75) is 12.3 Å². The molecule has 0 bridgehead atoms. The van der Waals surface area contributed by atoms with Crippen LogP contribution in [-0.2, 0) is 0 Å². The van der Waals surface area contributed by atoms with E-state index in [1.807, 2.05) is 11.8 Å². The van der Waals surface area contributed by atoms with E-state index in [9.17, 15) is 0 Å². The number of nitrogen functional groups attached to an aromatic ring is 1. The molecule has 1 aliphatic heterocycles. The summed E-state index contributed by atoms with van der Waals surface area (Å²) in [6.45, 7) is 0. The van der Waals surface area contributed by atoms with Crippen LogP contribution in [0.5, 0.6) is 0 Å². The highest BCUT2D eigenvalue weighted by Crippen LogP contribution is 2.37. The largest absolute Gasteiger partial charge is 0.381 e. The van der Waals surface area contributed by atoms with Gasteiger partial charge in [-0.1, -0.05) is 33.2 Å². The smallest absolute Gasteiger partial charge is 0.169 e. The maximum atomic E-state index is 5.56. The molecular formula is C13H13BrN2OS. The first kappa shape index (κ1) is 12.1. The van der Waals surface area contributed by atoms with Gasteiger partial charge in [-0.2, -0.15) is 11.8 Å². The van der Waals surface area contributed by atoms with Crippen LogP contribution in [0.25, 0.3) is 11.3 Å². The second kappa shape index (κ2) is 4.97. The Morgan fingerprint density at radius 2 is 2.28 bits per heavy atom. The Hall–Kier alpha value is -0.940. The van der Waals surface area contributed by atoms with Gasteiger partial charge in [-0.15, -0.1) is 0 Å². The SMILES string of the molecule is Nc1cc(-c2ccc(C3CCSC3)c(Br)c2)on1. The fourth-order valence-electron chi connectivity index (χ4n) is 2.22. The fourth-order valence-corrected chi connectivity index (χ4v) is 4.17. The average molecular weight is 325 g/mol. The summed E-state index contributed by atoms with van der Waals surface area (Å²) in [5.41, 5.74) is 7.95. The topological polar surface area (TPSA) is 52.0 Å². The second-order valence-corrected chi connectivity index (χ2v) is 6.42. The zero-order chi connectivity index (χ0) is 12.5. The molecule has 1 aromatic heterocycles. The van der Waals surface area contributed by atoms with E-state index in [0.717, 1.165) is 10.0 Å². The Balaban J connectivity index is 1.93. The molecule has 2 N–H and O–H groups in total. The molecule has 1 aromatic carbocycles. The van der Waals surface area contributed by atoms with E-state index >= 15 is 0 Å². The third-order valence-corrected chi connectivity index (χ3v) is 5.03. The lowest BCUT2D eigenvalue weighted by molar-refractivity contribution is 0.436. The lowest BCUT2D eigenvalue weighted by Gasteiger charge is -2.11. The maximum Gasteiger partial charge on any atom is 0.169 e. The number of benzene rings is 1. The van der Waals surface area contributed by atoms with Crippen LogP contribution >= 0.6 is 27.7 Å². The predicted octanol–water partition coefficient (Wildman–Crippen LogP) is 3.91. The quantitative estimate of drug-likeness (QED) is 0.910.